The van der Waals surface area contributed by atoms with Crippen molar-refractivity contribution >= 4 is 29.1 Å². The van der Waals surface area contributed by atoms with Crippen LogP contribution >= 0.6 is 0 Å². The highest BCUT2D eigenvalue weighted by molar-refractivity contribution is 6.05. The molecule has 0 radical (unpaired) electrons. The van der Waals surface area contributed by atoms with Crippen LogP contribution in [0.15, 0.2) is 48.5 Å². The zero-order valence-electron chi connectivity index (χ0n) is 15.6. The molecule has 0 fully saturated rings. The molecule has 0 saturated carbocycles. The van der Waals surface area contributed by atoms with E-state index in [1.165, 1.54) is 4.90 Å². The predicted molar refractivity (Wildman–Crippen MR) is 104 cm³/mol. The molecule has 0 aliphatic carbocycles. The van der Waals surface area contributed by atoms with Crippen molar-refractivity contribution in [2.45, 2.75) is 13.3 Å². The number of benzene rings is 2. The number of ether oxygens (including phenoxy) is 1. The Morgan fingerprint density at radius 1 is 0.963 bits per heavy atom. The topological polar surface area (TPSA) is 87.7 Å². The van der Waals surface area contributed by atoms with Gasteiger partial charge in [0.15, 0.2) is 6.61 Å². The lowest BCUT2D eigenvalue weighted by molar-refractivity contribution is -0.130. The van der Waals surface area contributed by atoms with Crippen LogP contribution in [-0.2, 0) is 9.59 Å². The normalized spacial score (nSPS) is 10.0. The molecule has 2 rings (SSSR count). The molecule has 0 aromatic heterocycles. The predicted octanol–water partition coefficient (Wildman–Crippen LogP) is 2.75. The Balaban J connectivity index is 1.96. The number of hydrogen-bond acceptors (Lipinski definition) is 4. The van der Waals surface area contributed by atoms with Crippen molar-refractivity contribution in [1.29, 1.82) is 0 Å². The van der Waals surface area contributed by atoms with Gasteiger partial charge in [0.2, 0.25) is 5.91 Å². The standard InChI is InChI=1S/C20H23N3O4/c1-4-18(24)21-16-7-5-6-14(12-16)20(26)22-15-8-10-17(11-9-15)27-13-19(25)23(2)3/h5-12H,4,13H2,1-3H3,(H,21,24)(H,22,26). The molecule has 0 unspecified atom stereocenters. The van der Waals surface area contributed by atoms with Crippen molar-refractivity contribution in [2.24, 2.45) is 0 Å². The maximum Gasteiger partial charge on any atom is 0.259 e. The van der Waals surface area contributed by atoms with Crippen molar-refractivity contribution in [2.75, 3.05) is 31.3 Å². The summed E-state index contributed by atoms with van der Waals surface area (Å²) >= 11 is 0. The molecule has 2 aromatic rings. The fraction of sp³-hybridized carbons (Fsp3) is 0.250. The highest BCUT2D eigenvalue weighted by Crippen LogP contribution is 2.18. The molecule has 27 heavy (non-hydrogen) atoms. The molecule has 3 amide bonds. The van der Waals surface area contributed by atoms with Gasteiger partial charge in [-0.1, -0.05) is 13.0 Å². The van der Waals surface area contributed by atoms with E-state index in [1.807, 2.05) is 0 Å². The smallest absolute Gasteiger partial charge is 0.259 e. The lowest BCUT2D eigenvalue weighted by Gasteiger charge is -2.12. The summed E-state index contributed by atoms with van der Waals surface area (Å²) in [6.45, 7) is 1.71. The van der Waals surface area contributed by atoms with Crippen LogP contribution in [0.1, 0.15) is 23.7 Å². The molecule has 0 spiro atoms. The number of carbonyl (C=O) groups excluding carboxylic acids is 3. The summed E-state index contributed by atoms with van der Waals surface area (Å²) in [6.07, 6.45) is 0.366. The van der Waals surface area contributed by atoms with E-state index in [1.54, 1.807) is 69.6 Å². The van der Waals surface area contributed by atoms with Gasteiger partial charge in [-0.2, -0.15) is 0 Å². The van der Waals surface area contributed by atoms with Gasteiger partial charge in [-0.3, -0.25) is 14.4 Å². The van der Waals surface area contributed by atoms with E-state index in [-0.39, 0.29) is 24.3 Å². The molecule has 2 N–H and O–H groups in total. The minimum Gasteiger partial charge on any atom is -0.484 e. The first-order valence-corrected chi connectivity index (χ1v) is 8.53. The number of hydrogen-bond donors (Lipinski definition) is 2. The molecular weight excluding hydrogens is 346 g/mol. The van der Waals surface area contributed by atoms with Gasteiger partial charge in [0.25, 0.3) is 11.8 Å². The monoisotopic (exact) mass is 369 g/mol. The fourth-order valence-corrected chi connectivity index (χ4v) is 2.10. The number of carbonyl (C=O) groups is 3. The number of anilines is 2. The van der Waals surface area contributed by atoms with E-state index in [4.69, 9.17) is 4.74 Å². The van der Waals surface area contributed by atoms with Crippen LogP contribution in [0.4, 0.5) is 11.4 Å². The van der Waals surface area contributed by atoms with Gasteiger partial charge in [-0.25, -0.2) is 0 Å². The Morgan fingerprint density at radius 3 is 2.30 bits per heavy atom. The number of nitrogens with one attached hydrogen (secondary N) is 2. The van der Waals surface area contributed by atoms with E-state index in [9.17, 15) is 14.4 Å². The molecule has 7 nitrogen and oxygen atoms in total. The molecule has 0 heterocycles. The largest absolute Gasteiger partial charge is 0.484 e. The Bertz CT molecular complexity index is 816. The SMILES string of the molecule is CCC(=O)Nc1cccc(C(=O)Nc2ccc(OCC(=O)N(C)C)cc2)c1. The minimum atomic E-state index is -0.293. The number of nitrogens with zero attached hydrogens (tertiary/aromatic N) is 1. The van der Waals surface area contributed by atoms with Crippen LogP contribution in [0.5, 0.6) is 5.75 Å². The van der Waals surface area contributed by atoms with E-state index >= 15 is 0 Å². The van der Waals surface area contributed by atoms with Gasteiger partial charge >= 0.3 is 0 Å². The molecule has 0 saturated heterocycles. The van der Waals surface area contributed by atoms with E-state index in [0.717, 1.165) is 0 Å². The molecule has 0 aliphatic heterocycles. The van der Waals surface area contributed by atoms with Gasteiger partial charge in [0.1, 0.15) is 5.75 Å². The molecule has 142 valence electrons. The summed E-state index contributed by atoms with van der Waals surface area (Å²) in [4.78, 5) is 36.8. The average Bonchev–Trinajstić information content (AvgIpc) is 2.67. The average molecular weight is 369 g/mol. The van der Waals surface area contributed by atoms with Crippen LogP contribution in [0.3, 0.4) is 0 Å². The Hall–Kier alpha value is -3.35. The zero-order chi connectivity index (χ0) is 19.8. The van der Waals surface area contributed by atoms with Crippen molar-refractivity contribution < 1.29 is 19.1 Å². The summed E-state index contributed by atoms with van der Waals surface area (Å²) in [5.41, 5.74) is 1.60. The van der Waals surface area contributed by atoms with E-state index < -0.39 is 0 Å². The first kappa shape index (κ1) is 20.0. The second kappa shape index (κ2) is 9.38. The van der Waals surface area contributed by atoms with Crippen LogP contribution in [0, 0.1) is 0 Å². The molecule has 2 aromatic carbocycles. The Morgan fingerprint density at radius 2 is 1.67 bits per heavy atom. The van der Waals surface area contributed by atoms with Crippen molar-refractivity contribution in [1.82, 2.24) is 4.90 Å². The number of rotatable bonds is 7. The third-order valence-corrected chi connectivity index (χ3v) is 3.70. The van der Waals surface area contributed by atoms with E-state index in [2.05, 4.69) is 10.6 Å². The van der Waals surface area contributed by atoms with Crippen LogP contribution in [0.2, 0.25) is 0 Å². The Labute approximate surface area is 158 Å². The van der Waals surface area contributed by atoms with Crippen molar-refractivity contribution in [3.05, 3.63) is 54.1 Å². The van der Waals surface area contributed by atoms with Crippen LogP contribution in [-0.4, -0.2) is 43.3 Å². The van der Waals surface area contributed by atoms with Crippen LogP contribution < -0.4 is 15.4 Å². The lowest BCUT2D eigenvalue weighted by Crippen LogP contribution is -2.27. The highest BCUT2D eigenvalue weighted by atomic mass is 16.5. The summed E-state index contributed by atoms with van der Waals surface area (Å²) < 4.78 is 5.39. The van der Waals surface area contributed by atoms with Crippen LogP contribution in [0.25, 0.3) is 0 Å². The van der Waals surface area contributed by atoms with Gasteiger partial charge in [-0.05, 0) is 42.5 Å². The van der Waals surface area contributed by atoms with Crippen molar-refractivity contribution in [3.8, 4) is 5.75 Å². The van der Waals surface area contributed by atoms with Gasteiger partial charge in [0, 0.05) is 37.5 Å². The molecule has 7 heteroatoms. The minimum absolute atomic E-state index is 0.0466. The lowest BCUT2D eigenvalue weighted by atomic mass is 10.1. The maximum atomic E-state index is 12.4. The third kappa shape index (κ3) is 6.14. The second-order valence-corrected chi connectivity index (χ2v) is 6.04. The first-order valence-electron chi connectivity index (χ1n) is 8.53. The van der Waals surface area contributed by atoms with Crippen molar-refractivity contribution in [3.63, 3.8) is 0 Å². The Kier molecular flexibility index (Phi) is 6.93. The van der Waals surface area contributed by atoms with Gasteiger partial charge < -0.3 is 20.3 Å². The number of likely N-dealkylation sites (N-methyl/N-ethyl adjacent to an activating group) is 1. The van der Waals surface area contributed by atoms with E-state index in [0.29, 0.717) is 29.1 Å². The molecule has 0 atom stereocenters. The number of amides is 3. The third-order valence-electron chi connectivity index (χ3n) is 3.70. The summed E-state index contributed by atoms with van der Waals surface area (Å²) in [7, 11) is 3.32. The summed E-state index contributed by atoms with van der Waals surface area (Å²) in [6, 6.07) is 13.5. The molecule has 0 aliphatic rings. The first-order chi connectivity index (χ1) is 12.9. The fourth-order valence-electron chi connectivity index (χ4n) is 2.10. The summed E-state index contributed by atoms with van der Waals surface area (Å²) in [5, 5.41) is 5.50. The quantitative estimate of drug-likeness (QED) is 0.786. The maximum absolute atomic E-state index is 12.4. The second-order valence-electron chi connectivity index (χ2n) is 6.04. The van der Waals surface area contributed by atoms with Gasteiger partial charge in [0.05, 0.1) is 0 Å². The summed E-state index contributed by atoms with van der Waals surface area (Å²) in [5.74, 6) is -0.00940. The van der Waals surface area contributed by atoms with Gasteiger partial charge in [-0.15, -0.1) is 0 Å². The molecule has 0 bridgehead atoms. The zero-order valence-corrected chi connectivity index (χ0v) is 15.6. The molecular formula is C20H23N3O4. The highest BCUT2D eigenvalue weighted by Gasteiger charge is 2.09.